The van der Waals surface area contributed by atoms with E-state index in [9.17, 15) is 4.79 Å². The van der Waals surface area contributed by atoms with Gasteiger partial charge in [-0.3, -0.25) is 4.79 Å². The fourth-order valence-electron chi connectivity index (χ4n) is 1.10. The van der Waals surface area contributed by atoms with Crippen LogP contribution in [0, 0.1) is 0 Å². The average Bonchev–Trinajstić information content (AvgIpc) is 2.24. The molecule has 1 N–H and O–H groups in total. The molecule has 0 heterocycles. The lowest BCUT2D eigenvalue weighted by Crippen LogP contribution is -2.56. The first-order chi connectivity index (χ1) is 6.64. The SMILES string of the molecule is C=CC(=O)N[Si](CCCC)(OC)OC. The summed E-state index contributed by atoms with van der Waals surface area (Å²) in [5, 5.41) is 0. The molecular formula is C9H19NO3Si. The molecule has 0 atom stereocenters. The van der Waals surface area contributed by atoms with Crippen molar-refractivity contribution in [2.45, 2.75) is 25.8 Å². The topological polar surface area (TPSA) is 47.6 Å². The Kier molecular flexibility index (Phi) is 6.43. The Labute approximate surface area is 86.6 Å². The fraction of sp³-hybridized carbons (Fsp3) is 0.667. The maximum atomic E-state index is 11.2. The van der Waals surface area contributed by atoms with Gasteiger partial charge in [0.05, 0.1) is 0 Å². The minimum Gasteiger partial charge on any atom is -0.382 e. The van der Waals surface area contributed by atoms with Crippen molar-refractivity contribution >= 4 is 14.6 Å². The highest BCUT2D eigenvalue weighted by atomic mass is 28.4. The maximum Gasteiger partial charge on any atom is 0.458 e. The molecule has 0 aromatic rings. The Bertz CT molecular complexity index is 192. The molecule has 0 saturated heterocycles. The van der Waals surface area contributed by atoms with Crippen molar-refractivity contribution in [3.8, 4) is 0 Å². The summed E-state index contributed by atoms with van der Waals surface area (Å²) in [6, 6.07) is 0.760. The van der Waals surface area contributed by atoms with Gasteiger partial charge in [-0.25, -0.2) is 0 Å². The van der Waals surface area contributed by atoms with E-state index in [1.807, 2.05) is 0 Å². The third kappa shape index (κ3) is 4.04. The smallest absolute Gasteiger partial charge is 0.382 e. The number of nitrogens with one attached hydrogen (secondary N) is 1. The number of carbonyl (C=O) groups is 1. The summed E-state index contributed by atoms with van der Waals surface area (Å²) in [6.45, 7) is 5.48. The first-order valence-electron chi connectivity index (χ1n) is 4.69. The molecule has 0 aliphatic rings. The van der Waals surface area contributed by atoms with Gasteiger partial charge in [-0.2, -0.15) is 0 Å². The molecule has 5 heteroatoms. The van der Waals surface area contributed by atoms with E-state index >= 15 is 0 Å². The zero-order valence-corrected chi connectivity index (χ0v) is 10.1. The van der Waals surface area contributed by atoms with Crippen LogP contribution in [0.15, 0.2) is 12.7 Å². The van der Waals surface area contributed by atoms with Crippen LogP contribution >= 0.6 is 0 Å². The second-order valence-corrected chi connectivity index (χ2v) is 6.03. The van der Waals surface area contributed by atoms with E-state index in [0.29, 0.717) is 0 Å². The molecule has 0 spiro atoms. The Balaban J connectivity index is 4.35. The molecule has 0 unspecified atom stereocenters. The van der Waals surface area contributed by atoms with Crippen LogP contribution in [-0.2, 0) is 13.6 Å². The van der Waals surface area contributed by atoms with Crippen LogP contribution in [0.3, 0.4) is 0 Å². The van der Waals surface area contributed by atoms with Crippen LogP contribution in [0.2, 0.25) is 6.04 Å². The Morgan fingerprint density at radius 2 is 2.07 bits per heavy atom. The van der Waals surface area contributed by atoms with Crippen LogP contribution in [0.25, 0.3) is 0 Å². The third-order valence-corrected chi connectivity index (χ3v) is 4.98. The van der Waals surface area contributed by atoms with Crippen molar-refractivity contribution in [1.29, 1.82) is 0 Å². The Hall–Kier alpha value is -0.653. The predicted molar refractivity (Wildman–Crippen MR) is 57.8 cm³/mol. The standard InChI is InChI=1S/C9H19NO3Si/c1-5-7-8-14(12-3,13-4)10-9(11)6-2/h6H,2,5,7-8H2,1,3-4H3,(H,10,11). The second kappa shape index (κ2) is 6.75. The first kappa shape index (κ1) is 13.3. The third-order valence-electron chi connectivity index (χ3n) is 2.02. The molecule has 0 radical (unpaired) electrons. The molecule has 4 nitrogen and oxygen atoms in total. The van der Waals surface area contributed by atoms with E-state index in [-0.39, 0.29) is 5.91 Å². The number of amides is 1. The van der Waals surface area contributed by atoms with Crippen molar-refractivity contribution in [2.24, 2.45) is 0 Å². The molecule has 0 aromatic carbocycles. The van der Waals surface area contributed by atoms with Gasteiger partial charge in [0.15, 0.2) is 0 Å². The molecule has 0 aliphatic carbocycles. The van der Waals surface area contributed by atoms with Gasteiger partial charge in [0.1, 0.15) is 0 Å². The lowest BCUT2D eigenvalue weighted by Gasteiger charge is -2.26. The van der Waals surface area contributed by atoms with Gasteiger partial charge in [0, 0.05) is 20.3 Å². The van der Waals surface area contributed by atoms with Crippen LogP contribution < -0.4 is 4.98 Å². The zero-order chi connectivity index (χ0) is 11.0. The Morgan fingerprint density at radius 3 is 2.43 bits per heavy atom. The van der Waals surface area contributed by atoms with Crippen molar-refractivity contribution in [1.82, 2.24) is 4.98 Å². The fourth-order valence-corrected chi connectivity index (χ4v) is 3.30. The zero-order valence-electron chi connectivity index (χ0n) is 9.13. The highest BCUT2D eigenvalue weighted by Gasteiger charge is 2.37. The summed E-state index contributed by atoms with van der Waals surface area (Å²) < 4.78 is 10.6. The number of hydrogen-bond acceptors (Lipinski definition) is 3. The van der Waals surface area contributed by atoms with Gasteiger partial charge < -0.3 is 13.8 Å². The van der Waals surface area contributed by atoms with Crippen LogP contribution in [0.4, 0.5) is 0 Å². The van der Waals surface area contributed by atoms with E-state index in [0.717, 1.165) is 18.9 Å². The molecule has 0 aromatic heterocycles. The largest absolute Gasteiger partial charge is 0.458 e. The van der Waals surface area contributed by atoms with Gasteiger partial charge in [0.25, 0.3) is 0 Å². The summed E-state index contributed by atoms with van der Waals surface area (Å²) in [4.78, 5) is 13.9. The Morgan fingerprint density at radius 1 is 1.50 bits per heavy atom. The molecule has 0 rings (SSSR count). The summed E-state index contributed by atoms with van der Waals surface area (Å²) >= 11 is 0. The molecule has 0 aliphatic heterocycles. The van der Waals surface area contributed by atoms with Crippen molar-refractivity contribution in [2.75, 3.05) is 14.2 Å². The quantitative estimate of drug-likeness (QED) is 0.517. The number of carbonyl (C=O) groups excluding carboxylic acids is 1. The normalized spacial score (nSPS) is 11.1. The van der Waals surface area contributed by atoms with Gasteiger partial charge in [0.2, 0.25) is 5.91 Å². The van der Waals surface area contributed by atoms with Crippen LogP contribution in [0.1, 0.15) is 19.8 Å². The molecule has 14 heavy (non-hydrogen) atoms. The summed E-state index contributed by atoms with van der Waals surface area (Å²) in [7, 11) is 0.609. The molecule has 82 valence electrons. The van der Waals surface area contributed by atoms with E-state index < -0.39 is 8.72 Å². The number of unbranched alkanes of at least 4 members (excludes halogenated alkanes) is 1. The lowest BCUT2D eigenvalue weighted by molar-refractivity contribution is -0.115. The van der Waals surface area contributed by atoms with Crippen LogP contribution in [0.5, 0.6) is 0 Å². The molecule has 0 bridgehead atoms. The first-order valence-corrected chi connectivity index (χ1v) is 6.71. The average molecular weight is 217 g/mol. The lowest BCUT2D eigenvalue weighted by atomic mass is 10.4. The molecule has 1 amide bonds. The molecular weight excluding hydrogens is 198 g/mol. The summed E-state index contributed by atoms with van der Waals surface area (Å²) in [5.41, 5.74) is 0. The second-order valence-electron chi connectivity index (χ2n) is 2.96. The van der Waals surface area contributed by atoms with Gasteiger partial charge in [-0.15, -0.1) is 0 Å². The van der Waals surface area contributed by atoms with E-state index in [1.165, 1.54) is 6.08 Å². The van der Waals surface area contributed by atoms with Crippen LogP contribution in [-0.4, -0.2) is 28.8 Å². The summed E-state index contributed by atoms with van der Waals surface area (Å²) in [5.74, 6) is -0.239. The highest BCUT2D eigenvalue weighted by Crippen LogP contribution is 2.12. The summed E-state index contributed by atoms with van der Waals surface area (Å²) in [6.07, 6.45) is 3.25. The highest BCUT2D eigenvalue weighted by molar-refractivity contribution is 6.67. The molecule has 0 fully saturated rings. The van der Waals surface area contributed by atoms with E-state index in [1.54, 1.807) is 14.2 Å². The number of hydrogen-bond donors (Lipinski definition) is 1. The van der Waals surface area contributed by atoms with E-state index in [2.05, 4.69) is 18.5 Å². The van der Waals surface area contributed by atoms with Crippen molar-refractivity contribution in [3.05, 3.63) is 12.7 Å². The van der Waals surface area contributed by atoms with E-state index in [4.69, 9.17) is 8.85 Å². The van der Waals surface area contributed by atoms with Gasteiger partial charge in [-0.1, -0.05) is 19.9 Å². The van der Waals surface area contributed by atoms with Gasteiger partial charge in [-0.05, 0) is 12.5 Å². The maximum absolute atomic E-state index is 11.2. The predicted octanol–water partition coefficient (Wildman–Crippen LogP) is 1.32. The monoisotopic (exact) mass is 217 g/mol. The number of rotatable bonds is 7. The van der Waals surface area contributed by atoms with Crippen molar-refractivity contribution in [3.63, 3.8) is 0 Å². The minimum absolute atomic E-state index is 0.239. The minimum atomic E-state index is -2.52. The van der Waals surface area contributed by atoms with Crippen molar-refractivity contribution < 1.29 is 13.6 Å². The molecule has 0 saturated carbocycles. The van der Waals surface area contributed by atoms with Gasteiger partial charge >= 0.3 is 8.72 Å².